The number of hydrogen-bond donors (Lipinski definition) is 2. The van der Waals surface area contributed by atoms with Crippen LogP contribution in [0.3, 0.4) is 0 Å². The quantitative estimate of drug-likeness (QED) is 0.770. The van der Waals surface area contributed by atoms with E-state index in [0.29, 0.717) is 13.1 Å². The van der Waals surface area contributed by atoms with Crippen molar-refractivity contribution >= 4 is 20.9 Å². The Hall–Kier alpha value is -1.50. The van der Waals surface area contributed by atoms with Gasteiger partial charge in [0.15, 0.2) is 0 Å². The Morgan fingerprint density at radius 3 is 2.89 bits per heavy atom. The first kappa shape index (κ1) is 13.9. The number of nitrogens with zero attached hydrogens (tertiary/aromatic N) is 1. The number of aromatic nitrogens is 1. The molecule has 0 fully saturated rings. The highest BCUT2D eigenvalue weighted by Gasteiger charge is 2.05. The second-order valence-electron chi connectivity index (χ2n) is 4.23. The molecule has 0 aliphatic heterocycles. The van der Waals surface area contributed by atoms with E-state index in [-0.39, 0.29) is 5.75 Å². The molecule has 0 saturated carbocycles. The zero-order chi connectivity index (χ0) is 13.7. The molecular formula is C13H17N3O2S. The van der Waals surface area contributed by atoms with Gasteiger partial charge in [-0.25, -0.2) is 13.1 Å². The Kier molecular flexibility index (Phi) is 4.47. The van der Waals surface area contributed by atoms with Crippen LogP contribution in [0, 0.1) is 0 Å². The van der Waals surface area contributed by atoms with E-state index in [1.807, 2.05) is 24.3 Å². The van der Waals surface area contributed by atoms with E-state index in [1.54, 1.807) is 6.20 Å². The Labute approximate surface area is 113 Å². The molecule has 19 heavy (non-hydrogen) atoms. The molecule has 0 spiro atoms. The number of rotatable bonds is 6. The van der Waals surface area contributed by atoms with Crippen molar-refractivity contribution in [3.05, 3.63) is 42.1 Å². The van der Waals surface area contributed by atoms with Crippen LogP contribution in [0.1, 0.15) is 5.56 Å². The van der Waals surface area contributed by atoms with Crippen molar-refractivity contribution in [1.82, 2.24) is 15.0 Å². The number of nitrogens with one attached hydrogen (secondary N) is 2. The summed E-state index contributed by atoms with van der Waals surface area (Å²) in [5.41, 5.74) is 2.08. The fourth-order valence-corrected chi connectivity index (χ4v) is 2.39. The lowest BCUT2D eigenvalue weighted by atomic mass is 10.1. The number of hydrogen-bond acceptors (Lipinski definition) is 4. The summed E-state index contributed by atoms with van der Waals surface area (Å²) in [5.74, 6) is 0.0820. The van der Waals surface area contributed by atoms with E-state index in [1.165, 1.54) is 7.05 Å². The lowest BCUT2D eigenvalue weighted by molar-refractivity contribution is 0.583. The minimum absolute atomic E-state index is 0.0820. The number of pyridine rings is 1. The number of sulfonamides is 1. The second kappa shape index (κ2) is 6.10. The molecule has 1 aromatic heterocycles. The first-order valence-corrected chi connectivity index (χ1v) is 7.71. The summed E-state index contributed by atoms with van der Waals surface area (Å²) < 4.78 is 24.7. The molecule has 1 aromatic carbocycles. The van der Waals surface area contributed by atoms with Gasteiger partial charge in [-0.3, -0.25) is 4.98 Å². The van der Waals surface area contributed by atoms with Gasteiger partial charge in [0.1, 0.15) is 0 Å². The zero-order valence-corrected chi connectivity index (χ0v) is 11.6. The van der Waals surface area contributed by atoms with Crippen LogP contribution in [-0.2, 0) is 16.6 Å². The van der Waals surface area contributed by atoms with Crippen LogP contribution in [0.5, 0.6) is 0 Å². The minimum atomic E-state index is -3.13. The van der Waals surface area contributed by atoms with Gasteiger partial charge in [0, 0.05) is 24.7 Å². The van der Waals surface area contributed by atoms with Gasteiger partial charge in [0.05, 0.1) is 11.3 Å². The highest BCUT2D eigenvalue weighted by atomic mass is 32.2. The monoisotopic (exact) mass is 279 g/mol. The number of fused-ring (bicyclic) bond motifs is 1. The van der Waals surface area contributed by atoms with Gasteiger partial charge < -0.3 is 5.32 Å². The summed E-state index contributed by atoms with van der Waals surface area (Å²) in [6.07, 6.45) is 1.77. The van der Waals surface area contributed by atoms with E-state index in [0.717, 1.165) is 16.5 Å². The Morgan fingerprint density at radius 2 is 2.11 bits per heavy atom. The molecular weight excluding hydrogens is 262 g/mol. The summed E-state index contributed by atoms with van der Waals surface area (Å²) >= 11 is 0. The predicted molar refractivity (Wildman–Crippen MR) is 76.3 cm³/mol. The first-order valence-electron chi connectivity index (χ1n) is 6.06. The summed E-state index contributed by atoms with van der Waals surface area (Å²) in [7, 11) is -1.71. The molecule has 0 aliphatic carbocycles. The van der Waals surface area contributed by atoms with Gasteiger partial charge >= 0.3 is 0 Å². The van der Waals surface area contributed by atoms with E-state index in [9.17, 15) is 8.42 Å². The Bertz CT molecular complexity index is 656. The molecule has 0 atom stereocenters. The van der Waals surface area contributed by atoms with Gasteiger partial charge in [-0.1, -0.05) is 12.1 Å². The zero-order valence-electron chi connectivity index (χ0n) is 10.8. The molecule has 2 aromatic rings. The molecule has 0 unspecified atom stereocenters. The van der Waals surface area contributed by atoms with Crippen LogP contribution in [0.25, 0.3) is 10.9 Å². The van der Waals surface area contributed by atoms with Crippen LogP contribution >= 0.6 is 0 Å². The smallest absolute Gasteiger partial charge is 0.212 e. The van der Waals surface area contributed by atoms with Crippen LogP contribution < -0.4 is 10.0 Å². The topological polar surface area (TPSA) is 71.1 Å². The van der Waals surface area contributed by atoms with Gasteiger partial charge in [0.25, 0.3) is 0 Å². The van der Waals surface area contributed by atoms with Crippen molar-refractivity contribution in [3.63, 3.8) is 0 Å². The number of benzene rings is 1. The summed E-state index contributed by atoms with van der Waals surface area (Å²) in [6, 6.07) is 9.93. The maximum atomic E-state index is 11.2. The van der Waals surface area contributed by atoms with Gasteiger partial charge in [0.2, 0.25) is 10.0 Å². The molecule has 0 radical (unpaired) electrons. The fourth-order valence-electron chi connectivity index (χ4n) is 1.78. The Morgan fingerprint density at radius 1 is 1.26 bits per heavy atom. The largest absolute Gasteiger partial charge is 0.312 e. The maximum Gasteiger partial charge on any atom is 0.212 e. The normalized spacial score (nSPS) is 11.8. The third-order valence-electron chi connectivity index (χ3n) is 2.86. The summed E-state index contributed by atoms with van der Waals surface area (Å²) in [5, 5.41) is 4.20. The van der Waals surface area contributed by atoms with E-state index in [4.69, 9.17) is 0 Å². The third-order valence-corrected chi connectivity index (χ3v) is 4.22. The standard InChI is InChI=1S/C13H17N3O2S/c1-14-19(17,18)8-7-15-10-11-4-5-13-12(9-11)3-2-6-16-13/h2-6,9,14-15H,7-8,10H2,1H3. The molecule has 0 amide bonds. The van der Waals surface area contributed by atoms with Crippen molar-refractivity contribution in [3.8, 4) is 0 Å². The van der Waals surface area contributed by atoms with Crippen molar-refractivity contribution in [2.75, 3.05) is 19.3 Å². The van der Waals surface area contributed by atoms with Crippen molar-refractivity contribution in [2.45, 2.75) is 6.54 Å². The molecule has 0 bridgehead atoms. The third kappa shape index (κ3) is 3.99. The molecule has 2 rings (SSSR count). The first-order chi connectivity index (χ1) is 9.11. The van der Waals surface area contributed by atoms with Crippen LogP contribution in [0.4, 0.5) is 0 Å². The fraction of sp³-hybridized carbons (Fsp3) is 0.308. The average Bonchev–Trinajstić information content (AvgIpc) is 2.43. The van der Waals surface area contributed by atoms with Gasteiger partial charge in [-0.2, -0.15) is 0 Å². The SMILES string of the molecule is CNS(=O)(=O)CCNCc1ccc2ncccc2c1. The highest BCUT2D eigenvalue weighted by molar-refractivity contribution is 7.89. The molecule has 0 aliphatic rings. The molecule has 2 N–H and O–H groups in total. The summed E-state index contributed by atoms with van der Waals surface area (Å²) in [6.45, 7) is 1.07. The van der Waals surface area contributed by atoms with Crippen LogP contribution in [0.15, 0.2) is 36.5 Å². The van der Waals surface area contributed by atoms with Crippen molar-refractivity contribution in [1.29, 1.82) is 0 Å². The minimum Gasteiger partial charge on any atom is -0.312 e. The lowest BCUT2D eigenvalue weighted by Crippen LogP contribution is -2.29. The average molecular weight is 279 g/mol. The summed E-state index contributed by atoms with van der Waals surface area (Å²) in [4.78, 5) is 4.25. The molecule has 6 heteroatoms. The van der Waals surface area contributed by atoms with Gasteiger partial charge in [-0.05, 0) is 30.8 Å². The van der Waals surface area contributed by atoms with Crippen LogP contribution in [-0.4, -0.2) is 32.7 Å². The van der Waals surface area contributed by atoms with Crippen molar-refractivity contribution < 1.29 is 8.42 Å². The predicted octanol–water partition coefficient (Wildman–Crippen LogP) is 0.874. The van der Waals surface area contributed by atoms with Gasteiger partial charge in [-0.15, -0.1) is 0 Å². The second-order valence-corrected chi connectivity index (χ2v) is 6.28. The van der Waals surface area contributed by atoms with E-state index >= 15 is 0 Å². The lowest BCUT2D eigenvalue weighted by Gasteiger charge is -2.06. The van der Waals surface area contributed by atoms with Crippen molar-refractivity contribution in [2.24, 2.45) is 0 Å². The highest BCUT2D eigenvalue weighted by Crippen LogP contribution is 2.12. The van der Waals surface area contributed by atoms with Crippen LogP contribution in [0.2, 0.25) is 0 Å². The molecule has 5 nitrogen and oxygen atoms in total. The van der Waals surface area contributed by atoms with E-state index in [2.05, 4.69) is 21.1 Å². The molecule has 1 heterocycles. The maximum absolute atomic E-state index is 11.2. The molecule has 102 valence electrons. The Balaban J connectivity index is 1.91. The van der Waals surface area contributed by atoms with E-state index < -0.39 is 10.0 Å². The molecule has 0 saturated heterocycles.